The average molecular weight is 701 g/mol. The summed E-state index contributed by atoms with van der Waals surface area (Å²) in [5.41, 5.74) is 0. The third kappa shape index (κ3) is 19.0. The summed E-state index contributed by atoms with van der Waals surface area (Å²) < 4.78 is 31.9. The molecule has 20 nitrogen and oxygen atoms in total. The fourth-order valence-corrected chi connectivity index (χ4v) is 2.24. The number of carbonyl (C=O) groups is 9. The van der Waals surface area contributed by atoms with Crippen molar-refractivity contribution in [3.63, 3.8) is 0 Å². The summed E-state index contributed by atoms with van der Waals surface area (Å²) in [4.78, 5) is 98.3. The fraction of sp³-hybridized carbons (Fsp3) is 0.679. The molecule has 4 N–H and O–H groups in total. The molecule has 48 heavy (non-hydrogen) atoms. The highest BCUT2D eigenvalue weighted by atomic mass is 16.7. The van der Waals surface area contributed by atoms with Crippen LogP contribution >= 0.6 is 0 Å². The molecule has 0 aromatic heterocycles. The molecule has 1 saturated heterocycles. The third-order valence-corrected chi connectivity index (χ3v) is 5.09. The Bertz CT molecular complexity index is 1120. The summed E-state index contributed by atoms with van der Waals surface area (Å²) in [6.45, 7) is 11.2. The SMILES string of the molecule is C.CC(O)C(=O)OC(C)C(=O)OC(C)C(=O)O.CC(O)C(=O)OC(C)C(=O)OC(C)C(=O)OC(C)C(=O)O.CC1OC(=O)C(C)OC1=O. The van der Waals surface area contributed by atoms with Crippen LogP contribution in [0.4, 0.5) is 0 Å². The van der Waals surface area contributed by atoms with E-state index >= 15 is 0 Å². The number of hydrogen-bond acceptors (Lipinski definition) is 18. The van der Waals surface area contributed by atoms with E-state index in [1.165, 1.54) is 48.5 Å². The van der Waals surface area contributed by atoms with E-state index in [-0.39, 0.29) is 7.43 Å². The van der Waals surface area contributed by atoms with Gasteiger partial charge in [-0.1, -0.05) is 7.43 Å². The van der Waals surface area contributed by atoms with Gasteiger partial charge in [0.05, 0.1) is 0 Å². The van der Waals surface area contributed by atoms with E-state index in [9.17, 15) is 43.2 Å². The van der Waals surface area contributed by atoms with Gasteiger partial charge in [-0.25, -0.2) is 43.2 Å². The van der Waals surface area contributed by atoms with Crippen LogP contribution in [0.25, 0.3) is 0 Å². The van der Waals surface area contributed by atoms with E-state index in [0.29, 0.717) is 0 Å². The minimum Gasteiger partial charge on any atom is -0.479 e. The van der Waals surface area contributed by atoms with Crippen LogP contribution in [0.5, 0.6) is 0 Å². The summed E-state index contributed by atoms with van der Waals surface area (Å²) in [6.07, 6.45) is -10.9. The van der Waals surface area contributed by atoms with Crippen molar-refractivity contribution in [1.82, 2.24) is 0 Å². The van der Waals surface area contributed by atoms with Crippen molar-refractivity contribution >= 4 is 53.7 Å². The van der Waals surface area contributed by atoms with Crippen molar-refractivity contribution in [2.24, 2.45) is 0 Å². The van der Waals surface area contributed by atoms with Crippen LogP contribution in [0.15, 0.2) is 0 Å². The van der Waals surface area contributed by atoms with Gasteiger partial charge in [-0.3, -0.25) is 0 Å². The van der Waals surface area contributed by atoms with Gasteiger partial charge in [0.2, 0.25) is 0 Å². The molecule has 9 atom stereocenters. The molecule has 0 saturated carbocycles. The molecule has 20 heteroatoms. The van der Waals surface area contributed by atoms with E-state index < -0.39 is 109 Å². The molecular formula is C28H44O20. The molecule has 1 rings (SSSR count). The maximum Gasteiger partial charge on any atom is 0.347 e. The van der Waals surface area contributed by atoms with Crippen molar-refractivity contribution in [2.45, 2.75) is 125 Å². The lowest BCUT2D eigenvalue weighted by atomic mass is 10.3. The number of aliphatic hydroxyl groups excluding tert-OH is 2. The molecule has 0 spiro atoms. The summed E-state index contributed by atoms with van der Waals surface area (Å²) in [5.74, 6) is -8.67. The van der Waals surface area contributed by atoms with Crippen LogP contribution in [0.3, 0.4) is 0 Å². The summed E-state index contributed by atoms with van der Waals surface area (Å²) in [7, 11) is 0. The molecule has 0 aromatic carbocycles. The van der Waals surface area contributed by atoms with Gasteiger partial charge < -0.3 is 53.6 Å². The first kappa shape index (κ1) is 47.6. The van der Waals surface area contributed by atoms with Crippen molar-refractivity contribution < 1.29 is 96.7 Å². The quantitative estimate of drug-likeness (QED) is 0.141. The number of esters is 7. The molecule has 276 valence electrons. The lowest BCUT2D eigenvalue weighted by molar-refractivity contribution is -0.191. The zero-order valence-corrected chi connectivity index (χ0v) is 27.0. The third-order valence-electron chi connectivity index (χ3n) is 5.09. The molecule has 0 bridgehead atoms. The monoisotopic (exact) mass is 700 g/mol. The molecule has 1 fully saturated rings. The normalized spacial score (nSPS) is 19.1. The van der Waals surface area contributed by atoms with Crippen molar-refractivity contribution in [3.8, 4) is 0 Å². The van der Waals surface area contributed by atoms with Crippen LogP contribution in [0.1, 0.15) is 69.7 Å². The molecular weight excluding hydrogens is 656 g/mol. The van der Waals surface area contributed by atoms with Crippen LogP contribution < -0.4 is 0 Å². The Morgan fingerprint density at radius 1 is 0.500 bits per heavy atom. The van der Waals surface area contributed by atoms with Crippen molar-refractivity contribution in [1.29, 1.82) is 0 Å². The molecule has 0 amide bonds. The smallest absolute Gasteiger partial charge is 0.347 e. The first-order valence-corrected chi connectivity index (χ1v) is 13.7. The Labute approximate surface area is 275 Å². The van der Waals surface area contributed by atoms with Gasteiger partial charge in [0.15, 0.2) is 42.7 Å². The number of ether oxygens (including phenoxy) is 7. The highest BCUT2D eigenvalue weighted by molar-refractivity contribution is 5.87. The minimum atomic E-state index is -1.40. The maximum atomic E-state index is 11.5. The van der Waals surface area contributed by atoms with Gasteiger partial charge in [0.1, 0.15) is 12.2 Å². The summed E-state index contributed by atoms with van der Waals surface area (Å²) in [5, 5.41) is 34.7. The maximum absolute atomic E-state index is 11.5. The molecule has 0 aromatic rings. The number of aliphatic hydroxyl groups is 2. The van der Waals surface area contributed by atoms with Crippen molar-refractivity contribution in [3.05, 3.63) is 0 Å². The van der Waals surface area contributed by atoms with Gasteiger partial charge in [-0.15, -0.1) is 0 Å². The fourth-order valence-electron chi connectivity index (χ4n) is 2.24. The van der Waals surface area contributed by atoms with Crippen LogP contribution in [-0.2, 0) is 76.3 Å². The van der Waals surface area contributed by atoms with E-state index in [1.807, 2.05) is 0 Å². The summed E-state index contributed by atoms with van der Waals surface area (Å²) in [6, 6.07) is 0. The average Bonchev–Trinajstić information content (AvgIpc) is 2.96. The second kappa shape index (κ2) is 22.6. The van der Waals surface area contributed by atoms with E-state index in [0.717, 1.165) is 13.8 Å². The van der Waals surface area contributed by atoms with Gasteiger partial charge in [0, 0.05) is 0 Å². The highest BCUT2D eigenvalue weighted by Gasteiger charge is 2.32. The van der Waals surface area contributed by atoms with E-state index in [1.54, 1.807) is 0 Å². The Morgan fingerprint density at radius 3 is 0.917 bits per heavy atom. The zero-order chi connectivity index (χ0) is 37.3. The largest absolute Gasteiger partial charge is 0.479 e. The van der Waals surface area contributed by atoms with Gasteiger partial charge >= 0.3 is 53.7 Å². The molecule has 0 aliphatic carbocycles. The number of aliphatic carboxylic acids is 2. The van der Waals surface area contributed by atoms with E-state index in [2.05, 4.69) is 33.2 Å². The van der Waals surface area contributed by atoms with Gasteiger partial charge in [-0.05, 0) is 62.3 Å². The lowest BCUT2D eigenvalue weighted by Gasteiger charge is -2.22. The second-order valence-electron chi connectivity index (χ2n) is 9.58. The van der Waals surface area contributed by atoms with Crippen molar-refractivity contribution in [2.75, 3.05) is 0 Å². The highest BCUT2D eigenvalue weighted by Crippen LogP contribution is 2.09. The molecule has 9 unspecified atom stereocenters. The minimum absolute atomic E-state index is 0. The zero-order valence-electron chi connectivity index (χ0n) is 27.0. The van der Waals surface area contributed by atoms with Crippen LogP contribution in [0.2, 0.25) is 0 Å². The number of carboxylic acid groups (broad SMARTS) is 2. The lowest BCUT2D eigenvalue weighted by Crippen LogP contribution is -2.40. The number of rotatable bonds is 12. The molecule has 0 radical (unpaired) electrons. The Balaban J connectivity index is -0.000000663. The first-order chi connectivity index (χ1) is 21.4. The predicted molar refractivity (Wildman–Crippen MR) is 154 cm³/mol. The van der Waals surface area contributed by atoms with Crippen LogP contribution in [0, 0.1) is 0 Å². The number of carboxylic acids is 2. The molecule has 1 aliphatic heterocycles. The summed E-state index contributed by atoms with van der Waals surface area (Å²) >= 11 is 0. The standard InChI is InChI=1S/C12H18O9.C9H14O7.C6H8O4.CH4/c1-5(13)10(16)20-7(3)12(18)21-8(4)11(17)19-6(2)9(14)15;1-4(10)8(13)16-6(3)9(14)15-5(2)7(11)12;1-3-5(7)10-4(2)6(8)9-3;/h5-8,13H,1-4H3,(H,14,15);4-6,10H,1-3H3,(H,11,12);3-4H,1-2H3;1H4. The molecule has 1 aliphatic rings. The Morgan fingerprint density at radius 2 is 0.708 bits per heavy atom. The molecule has 1 heterocycles. The number of cyclic esters (lactones) is 2. The van der Waals surface area contributed by atoms with Crippen LogP contribution in [-0.4, -0.2) is 129 Å². The predicted octanol–water partition coefficient (Wildman–Crippen LogP) is -0.938. The van der Waals surface area contributed by atoms with Gasteiger partial charge in [0.25, 0.3) is 0 Å². The topological polar surface area (TPSA) is 299 Å². The number of hydrogen-bond donors (Lipinski definition) is 4. The first-order valence-electron chi connectivity index (χ1n) is 13.7. The Kier molecular flexibility index (Phi) is 22.4. The Hall–Kier alpha value is -4.85. The van der Waals surface area contributed by atoms with E-state index in [4.69, 9.17) is 20.4 Å². The van der Waals surface area contributed by atoms with Gasteiger partial charge in [-0.2, -0.15) is 0 Å². The second-order valence-corrected chi connectivity index (χ2v) is 9.58. The number of carbonyl (C=O) groups excluding carboxylic acids is 7.